The quantitative estimate of drug-likeness (QED) is 0.778. The lowest BCUT2D eigenvalue weighted by atomic mass is 10.1. The number of carbonyl (C=O) groups excluding carboxylic acids is 1. The van der Waals surface area contributed by atoms with Crippen molar-refractivity contribution in [2.75, 3.05) is 5.32 Å². The van der Waals surface area contributed by atoms with Crippen LogP contribution in [0.15, 0.2) is 45.8 Å². The summed E-state index contributed by atoms with van der Waals surface area (Å²) in [5, 5.41) is 2.56. The monoisotopic (exact) mass is 339 g/mol. The molecule has 2 nitrogen and oxygen atoms in total. The normalized spacial score (nSPS) is 10.3. The van der Waals surface area contributed by atoms with Crippen LogP contribution in [0.3, 0.4) is 0 Å². The summed E-state index contributed by atoms with van der Waals surface area (Å²) in [4.78, 5) is 12.8. The van der Waals surface area contributed by atoms with Gasteiger partial charge in [0.25, 0.3) is 5.91 Å². The van der Waals surface area contributed by atoms with Crippen molar-refractivity contribution in [3.8, 4) is 0 Å². The van der Waals surface area contributed by atoms with Gasteiger partial charge in [0.1, 0.15) is 5.82 Å². The second-order valence-corrected chi connectivity index (χ2v) is 5.51. The van der Waals surface area contributed by atoms with Crippen LogP contribution < -0.4 is 5.32 Å². The summed E-state index contributed by atoms with van der Waals surface area (Å²) in [5.74, 6) is -0.832. The fourth-order valence-corrected chi connectivity index (χ4v) is 2.20. The van der Waals surface area contributed by atoms with Crippen LogP contribution in [-0.2, 0) is 0 Å². The van der Waals surface area contributed by atoms with Crippen molar-refractivity contribution in [2.45, 2.75) is 11.8 Å². The summed E-state index contributed by atoms with van der Waals surface area (Å²) in [6.45, 7) is 1.82. The minimum atomic E-state index is -0.476. The van der Waals surface area contributed by atoms with E-state index in [4.69, 9.17) is 0 Å². The Bertz CT molecular complexity index is 645. The average molecular weight is 340 g/mol. The van der Waals surface area contributed by atoms with E-state index in [1.54, 1.807) is 24.3 Å². The minimum Gasteiger partial charge on any atom is -0.319 e. The molecule has 0 aliphatic carbocycles. The van der Waals surface area contributed by atoms with Crippen LogP contribution in [0.25, 0.3) is 0 Å². The number of hydrogen-bond acceptors (Lipinski definition) is 2. The van der Waals surface area contributed by atoms with Gasteiger partial charge in [-0.2, -0.15) is 0 Å². The van der Waals surface area contributed by atoms with Crippen molar-refractivity contribution < 1.29 is 9.18 Å². The summed E-state index contributed by atoms with van der Waals surface area (Å²) in [5.41, 5.74) is 1.43. The Balaban J connectivity index is 2.30. The molecular weight excluding hydrogens is 329 g/mol. The molecule has 2 rings (SSSR count). The zero-order chi connectivity index (χ0) is 14.0. The van der Waals surface area contributed by atoms with E-state index in [0.717, 1.165) is 5.56 Å². The first kappa shape index (κ1) is 14.1. The standard InChI is InChI=1S/C14H11BrFNOS/c1-8-2-4-10(19)7-11(8)14(18)17-13-6-9(15)3-5-12(13)16/h2-7,19H,1H3,(H,17,18). The fraction of sp³-hybridized carbons (Fsp3) is 0.0714. The SMILES string of the molecule is Cc1ccc(S)cc1C(=O)Nc1cc(Br)ccc1F. The van der Waals surface area contributed by atoms with Crippen LogP contribution >= 0.6 is 28.6 Å². The molecule has 0 aliphatic heterocycles. The van der Waals surface area contributed by atoms with E-state index in [2.05, 4.69) is 33.9 Å². The molecule has 5 heteroatoms. The Morgan fingerprint density at radius 2 is 2.00 bits per heavy atom. The molecule has 0 aromatic heterocycles. The van der Waals surface area contributed by atoms with Crippen LogP contribution in [-0.4, -0.2) is 5.91 Å². The molecule has 0 heterocycles. The van der Waals surface area contributed by atoms with Crippen molar-refractivity contribution in [1.29, 1.82) is 0 Å². The van der Waals surface area contributed by atoms with Gasteiger partial charge in [-0.05, 0) is 42.8 Å². The van der Waals surface area contributed by atoms with Crippen molar-refractivity contribution in [3.05, 3.63) is 57.8 Å². The highest BCUT2D eigenvalue weighted by atomic mass is 79.9. The van der Waals surface area contributed by atoms with Crippen LogP contribution in [0.2, 0.25) is 0 Å². The van der Waals surface area contributed by atoms with Crippen molar-refractivity contribution in [1.82, 2.24) is 0 Å². The van der Waals surface area contributed by atoms with Crippen LogP contribution in [0.5, 0.6) is 0 Å². The van der Waals surface area contributed by atoms with E-state index in [1.165, 1.54) is 12.1 Å². The summed E-state index contributed by atoms with van der Waals surface area (Å²) in [6, 6.07) is 9.65. The van der Waals surface area contributed by atoms with Crippen molar-refractivity contribution in [3.63, 3.8) is 0 Å². The van der Waals surface area contributed by atoms with E-state index in [-0.39, 0.29) is 11.6 Å². The molecule has 0 saturated heterocycles. The molecule has 0 aliphatic rings. The van der Waals surface area contributed by atoms with E-state index in [1.807, 2.05) is 6.92 Å². The number of nitrogens with one attached hydrogen (secondary N) is 1. The van der Waals surface area contributed by atoms with Crippen LogP contribution in [0.1, 0.15) is 15.9 Å². The molecule has 0 atom stereocenters. The number of halogens is 2. The van der Waals surface area contributed by atoms with E-state index in [9.17, 15) is 9.18 Å². The molecular formula is C14H11BrFNOS. The van der Waals surface area contributed by atoms with E-state index < -0.39 is 5.82 Å². The first-order valence-electron chi connectivity index (χ1n) is 5.53. The molecule has 2 aromatic rings. The smallest absolute Gasteiger partial charge is 0.256 e. The predicted octanol–water partition coefficient (Wildman–Crippen LogP) is 4.44. The van der Waals surface area contributed by atoms with Gasteiger partial charge in [0.05, 0.1) is 5.69 Å². The number of rotatable bonds is 2. The van der Waals surface area contributed by atoms with Gasteiger partial charge < -0.3 is 5.32 Å². The van der Waals surface area contributed by atoms with Gasteiger partial charge in [0.15, 0.2) is 0 Å². The molecule has 98 valence electrons. The van der Waals surface area contributed by atoms with Crippen LogP contribution in [0.4, 0.5) is 10.1 Å². The topological polar surface area (TPSA) is 29.1 Å². The summed E-state index contributed by atoms with van der Waals surface area (Å²) in [6.07, 6.45) is 0. The second kappa shape index (κ2) is 5.75. The zero-order valence-electron chi connectivity index (χ0n) is 10.1. The summed E-state index contributed by atoms with van der Waals surface area (Å²) >= 11 is 7.44. The lowest BCUT2D eigenvalue weighted by molar-refractivity contribution is 0.102. The van der Waals surface area contributed by atoms with Gasteiger partial charge >= 0.3 is 0 Å². The molecule has 2 aromatic carbocycles. The largest absolute Gasteiger partial charge is 0.319 e. The Morgan fingerprint density at radius 1 is 1.26 bits per heavy atom. The first-order chi connectivity index (χ1) is 8.97. The lowest BCUT2D eigenvalue weighted by Crippen LogP contribution is -2.14. The third-order valence-corrected chi connectivity index (χ3v) is 3.41. The first-order valence-corrected chi connectivity index (χ1v) is 6.77. The zero-order valence-corrected chi connectivity index (χ0v) is 12.6. The molecule has 0 bridgehead atoms. The molecule has 0 radical (unpaired) electrons. The van der Waals surface area contributed by atoms with Crippen molar-refractivity contribution >= 4 is 40.2 Å². The maximum absolute atomic E-state index is 13.6. The third kappa shape index (κ3) is 3.36. The second-order valence-electron chi connectivity index (χ2n) is 4.08. The molecule has 19 heavy (non-hydrogen) atoms. The van der Waals surface area contributed by atoms with Crippen molar-refractivity contribution in [2.24, 2.45) is 0 Å². The Morgan fingerprint density at radius 3 is 2.74 bits per heavy atom. The predicted molar refractivity (Wildman–Crippen MR) is 80.5 cm³/mol. The number of hydrogen-bond donors (Lipinski definition) is 2. The van der Waals surface area contributed by atoms with E-state index in [0.29, 0.717) is 14.9 Å². The number of amides is 1. The highest BCUT2D eigenvalue weighted by Crippen LogP contribution is 2.22. The summed E-state index contributed by atoms with van der Waals surface area (Å²) < 4.78 is 14.3. The van der Waals surface area contributed by atoms with Gasteiger partial charge in [-0.15, -0.1) is 12.6 Å². The third-order valence-electron chi connectivity index (χ3n) is 2.64. The average Bonchev–Trinajstić information content (AvgIpc) is 2.36. The highest BCUT2D eigenvalue weighted by molar-refractivity contribution is 9.10. The lowest BCUT2D eigenvalue weighted by Gasteiger charge is -2.09. The molecule has 0 unspecified atom stereocenters. The van der Waals surface area contributed by atoms with Gasteiger partial charge in [-0.3, -0.25) is 4.79 Å². The van der Waals surface area contributed by atoms with Gasteiger partial charge in [0, 0.05) is 14.9 Å². The molecule has 1 amide bonds. The highest BCUT2D eigenvalue weighted by Gasteiger charge is 2.12. The fourth-order valence-electron chi connectivity index (χ4n) is 1.64. The maximum Gasteiger partial charge on any atom is 0.256 e. The molecule has 0 fully saturated rings. The Kier molecular flexibility index (Phi) is 4.27. The van der Waals surface area contributed by atoms with Gasteiger partial charge in [-0.1, -0.05) is 22.0 Å². The maximum atomic E-state index is 13.6. The Labute approximate surface area is 124 Å². The minimum absolute atomic E-state index is 0.142. The van der Waals surface area contributed by atoms with Gasteiger partial charge in [-0.25, -0.2) is 4.39 Å². The number of benzene rings is 2. The number of carbonyl (C=O) groups is 1. The number of anilines is 1. The molecule has 1 N–H and O–H groups in total. The van der Waals surface area contributed by atoms with Crippen LogP contribution in [0, 0.1) is 12.7 Å². The number of aryl methyl sites for hydroxylation is 1. The van der Waals surface area contributed by atoms with E-state index >= 15 is 0 Å². The number of thiol groups is 1. The molecule has 0 saturated carbocycles. The summed E-state index contributed by atoms with van der Waals surface area (Å²) in [7, 11) is 0. The van der Waals surface area contributed by atoms with Gasteiger partial charge in [0.2, 0.25) is 0 Å². The Hall–Kier alpha value is -1.33. The molecule has 0 spiro atoms.